The van der Waals surface area contributed by atoms with Gasteiger partial charge in [0, 0.05) is 18.1 Å². The number of halogens is 2. The van der Waals surface area contributed by atoms with Crippen molar-refractivity contribution in [2.45, 2.75) is 18.9 Å². The number of amides is 1. The molecule has 144 valence electrons. The third kappa shape index (κ3) is 4.45. The van der Waals surface area contributed by atoms with Crippen LogP contribution in [0.15, 0.2) is 58.6 Å². The Hall–Kier alpha value is -3.00. The molecule has 0 atom stereocenters. The molecule has 0 radical (unpaired) electrons. The number of carbonyl (C=O) groups excluding carboxylic acids is 1. The molecule has 0 fully saturated rings. The zero-order chi connectivity index (χ0) is 20.3. The predicted molar refractivity (Wildman–Crippen MR) is 105 cm³/mol. The Morgan fingerprint density at radius 3 is 2.46 bits per heavy atom. The van der Waals surface area contributed by atoms with E-state index in [1.54, 1.807) is 38.1 Å². The molecule has 8 heteroatoms. The number of aromatic nitrogens is 2. The van der Waals surface area contributed by atoms with Crippen molar-refractivity contribution < 1.29 is 13.6 Å². The van der Waals surface area contributed by atoms with Crippen molar-refractivity contribution in [2.75, 3.05) is 11.1 Å². The first-order valence-electron chi connectivity index (χ1n) is 8.38. The smallest absolute Gasteiger partial charge is 0.287 e. The predicted octanol–water partition coefficient (Wildman–Crippen LogP) is 3.86. The molecule has 1 aromatic heterocycles. The van der Waals surface area contributed by atoms with Gasteiger partial charge in [-0.3, -0.25) is 14.2 Å². The van der Waals surface area contributed by atoms with Gasteiger partial charge in [-0.15, -0.1) is 0 Å². The zero-order valence-corrected chi connectivity index (χ0v) is 16.0. The lowest BCUT2D eigenvalue weighted by molar-refractivity contribution is -0.113. The molecule has 3 rings (SSSR count). The van der Waals surface area contributed by atoms with Crippen LogP contribution in [0.3, 0.4) is 0 Å². The van der Waals surface area contributed by atoms with E-state index in [9.17, 15) is 18.4 Å². The highest BCUT2D eigenvalue weighted by atomic mass is 32.2. The average molecular weight is 401 g/mol. The number of nitrogens with zero attached hydrogens (tertiary/aromatic N) is 2. The molecular weight excluding hydrogens is 384 g/mol. The second-order valence-electron chi connectivity index (χ2n) is 6.14. The van der Waals surface area contributed by atoms with Crippen LogP contribution in [0.4, 0.5) is 14.5 Å². The van der Waals surface area contributed by atoms with Gasteiger partial charge in [0.25, 0.3) is 5.56 Å². The third-order valence-electron chi connectivity index (χ3n) is 4.04. The Morgan fingerprint density at radius 2 is 1.79 bits per heavy atom. The number of hydrogen-bond donors (Lipinski definition) is 1. The molecular formula is C20H17F2N3O2S. The summed E-state index contributed by atoms with van der Waals surface area (Å²) in [6.45, 7) is 3.26. The van der Waals surface area contributed by atoms with Crippen LogP contribution in [-0.4, -0.2) is 21.2 Å². The van der Waals surface area contributed by atoms with Crippen molar-refractivity contribution in [3.63, 3.8) is 0 Å². The van der Waals surface area contributed by atoms with E-state index >= 15 is 0 Å². The van der Waals surface area contributed by atoms with E-state index < -0.39 is 23.1 Å². The summed E-state index contributed by atoms with van der Waals surface area (Å²) in [4.78, 5) is 28.7. The Bertz CT molecular complexity index is 1100. The van der Waals surface area contributed by atoms with Crippen molar-refractivity contribution in [3.8, 4) is 5.69 Å². The molecule has 5 nitrogen and oxygen atoms in total. The maximum Gasteiger partial charge on any atom is 0.287 e. The SMILES string of the molecule is Cc1ccc(NC(=O)CSc2nccn(-c3ccc(C)c(F)c3)c2=O)cc1F. The zero-order valence-electron chi connectivity index (χ0n) is 15.2. The second kappa shape index (κ2) is 8.35. The number of benzene rings is 2. The molecule has 0 saturated heterocycles. The van der Waals surface area contributed by atoms with Gasteiger partial charge >= 0.3 is 0 Å². The topological polar surface area (TPSA) is 64.0 Å². The van der Waals surface area contributed by atoms with Gasteiger partial charge in [0.15, 0.2) is 5.03 Å². The summed E-state index contributed by atoms with van der Waals surface area (Å²) in [5, 5.41) is 2.68. The molecule has 0 spiro atoms. The van der Waals surface area contributed by atoms with Gasteiger partial charge in [-0.2, -0.15) is 0 Å². The van der Waals surface area contributed by atoms with Crippen LogP contribution in [-0.2, 0) is 4.79 Å². The van der Waals surface area contributed by atoms with Crippen LogP contribution in [0.25, 0.3) is 5.69 Å². The summed E-state index contributed by atoms with van der Waals surface area (Å²) in [6, 6.07) is 8.88. The highest BCUT2D eigenvalue weighted by molar-refractivity contribution is 7.99. The third-order valence-corrected chi connectivity index (χ3v) is 5.00. The summed E-state index contributed by atoms with van der Waals surface area (Å²) >= 11 is 0.954. The van der Waals surface area contributed by atoms with Gasteiger partial charge in [0.1, 0.15) is 11.6 Å². The highest BCUT2D eigenvalue weighted by Crippen LogP contribution is 2.17. The van der Waals surface area contributed by atoms with E-state index in [0.29, 0.717) is 22.5 Å². The summed E-state index contributed by atoms with van der Waals surface area (Å²) in [5.41, 5.74) is 1.21. The summed E-state index contributed by atoms with van der Waals surface area (Å²) < 4.78 is 28.6. The molecule has 3 aromatic rings. The van der Waals surface area contributed by atoms with Crippen molar-refractivity contribution >= 4 is 23.4 Å². The number of aryl methyl sites for hydroxylation is 2. The number of nitrogens with one attached hydrogen (secondary N) is 1. The van der Waals surface area contributed by atoms with Crippen molar-refractivity contribution in [2.24, 2.45) is 0 Å². The monoisotopic (exact) mass is 401 g/mol. The fraction of sp³-hybridized carbons (Fsp3) is 0.150. The van der Waals surface area contributed by atoms with Crippen LogP contribution in [0.2, 0.25) is 0 Å². The summed E-state index contributed by atoms with van der Waals surface area (Å²) in [7, 11) is 0. The highest BCUT2D eigenvalue weighted by Gasteiger charge is 2.12. The number of thioether (sulfide) groups is 1. The molecule has 2 aromatic carbocycles. The lowest BCUT2D eigenvalue weighted by atomic mass is 10.2. The minimum Gasteiger partial charge on any atom is -0.325 e. The number of carbonyl (C=O) groups is 1. The fourth-order valence-corrected chi connectivity index (χ4v) is 3.13. The normalized spacial score (nSPS) is 10.7. The Balaban J connectivity index is 1.72. The molecule has 0 aliphatic heterocycles. The molecule has 0 bridgehead atoms. The van der Waals surface area contributed by atoms with E-state index in [-0.39, 0.29) is 10.8 Å². The molecule has 1 heterocycles. The lowest BCUT2D eigenvalue weighted by Crippen LogP contribution is -2.22. The minimum absolute atomic E-state index is 0.0794. The van der Waals surface area contributed by atoms with Gasteiger partial charge in [0.05, 0.1) is 11.4 Å². The molecule has 1 amide bonds. The Morgan fingerprint density at radius 1 is 1.11 bits per heavy atom. The van der Waals surface area contributed by atoms with E-state index in [1.807, 2.05) is 0 Å². The summed E-state index contributed by atoms with van der Waals surface area (Å²) in [5.74, 6) is -1.31. The maximum atomic E-state index is 13.8. The largest absolute Gasteiger partial charge is 0.325 e. The molecule has 0 unspecified atom stereocenters. The van der Waals surface area contributed by atoms with Crippen LogP contribution in [0, 0.1) is 25.5 Å². The van der Waals surface area contributed by atoms with Gasteiger partial charge in [-0.1, -0.05) is 23.9 Å². The molecule has 0 aliphatic carbocycles. The van der Waals surface area contributed by atoms with Crippen LogP contribution in [0.1, 0.15) is 11.1 Å². The molecule has 0 aliphatic rings. The van der Waals surface area contributed by atoms with E-state index in [2.05, 4.69) is 10.3 Å². The number of anilines is 1. The van der Waals surface area contributed by atoms with Crippen LogP contribution in [0.5, 0.6) is 0 Å². The van der Waals surface area contributed by atoms with E-state index in [4.69, 9.17) is 0 Å². The first-order valence-corrected chi connectivity index (χ1v) is 9.36. The fourth-order valence-electron chi connectivity index (χ4n) is 2.43. The van der Waals surface area contributed by atoms with Crippen molar-refractivity contribution in [1.29, 1.82) is 0 Å². The molecule has 1 N–H and O–H groups in total. The van der Waals surface area contributed by atoms with Gasteiger partial charge < -0.3 is 5.32 Å². The Labute approximate surface area is 164 Å². The van der Waals surface area contributed by atoms with E-state index in [0.717, 1.165) is 11.8 Å². The van der Waals surface area contributed by atoms with Crippen molar-refractivity contribution in [1.82, 2.24) is 9.55 Å². The maximum absolute atomic E-state index is 13.8. The summed E-state index contributed by atoms with van der Waals surface area (Å²) in [6.07, 6.45) is 2.85. The molecule has 28 heavy (non-hydrogen) atoms. The number of hydrogen-bond acceptors (Lipinski definition) is 4. The first kappa shape index (κ1) is 19.8. The van der Waals surface area contributed by atoms with Gasteiger partial charge in [-0.05, 0) is 49.2 Å². The van der Waals surface area contributed by atoms with E-state index in [1.165, 1.54) is 29.1 Å². The first-order chi connectivity index (χ1) is 13.3. The van der Waals surface area contributed by atoms with Crippen LogP contribution < -0.4 is 10.9 Å². The minimum atomic E-state index is -0.454. The standard InChI is InChI=1S/C20H17F2N3O2S/c1-12-3-5-14(9-16(12)21)24-18(26)11-28-19-20(27)25(8-7-23-19)15-6-4-13(2)17(22)10-15/h3-10H,11H2,1-2H3,(H,24,26). The van der Waals surface area contributed by atoms with Gasteiger partial charge in [0.2, 0.25) is 5.91 Å². The second-order valence-corrected chi connectivity index (χ2v) is 7.11. The van der Waals surface area contributed by atoms with Crippen molar-refractivity contribution in [3.05, 3.63) is 81.9 Å². The quantitative estimate of drug-likeness (QED) is 0.660. The average Bonchev–Trinajstić information content (AvgIpc) is 2.66. The Kier molecular flexibility index (Phi) is 5.89. The molecule has 0 saturated carbocycles. The number of rotatable bonds is 5. The van der Waals surface area contributed by atoms with Crippen LogP contribution >= 0.6 is 11.8 Å². The lowest BCUT2D eigenvalue weighted by Gasteiger charge is -2.09. The van der Waals surface area contributed by atoms with Gasteiger partial charge in [-0.25, -0.2) is 13.8 Å².